The van der Waals surface area contributed by atoms with Gasteiger partial charge in [-0.1, -0.05) is 7.43 Å². The third-order valence-electron chi connectivity index (χ3n) is 1.66. The van der Waals surface area contributed by atoms with Crippen molar-refractivity contribution >= 4 is 15.9 Å². The summed E-state index contributed by atoms with van der Waals surface area (Å²) in [4.78, 5) is 3.93. The molecule has 0 radical (unpaired) electrons. The fourth-order valence-corrected chi connectivity index (χ4v) is 1.05. The van der Waals surface area contributed by atoms with Gasteiger partial charge in [0.1, 0.15) is 6.61 Å². The lowest BCUT2D eigenvalue weighted by Gasteiger charge is -2.13. The number of aromatic nitrogens is 1. The highest BCUT2D eigenvalue weighted by Crippen LogP contribution is 2.19. The molecule has 1 rings (SSSR count). The lowest BCUT2D eigenvalue weighted by atomic mass is 10.4. The maximum Gasteiger partial charge on any atom is 0.303 e. The Morgan fingerprint density at radius 3 is 2.62 bits per heavy atom. The van der Waals surface area contributed by atoms with Crippen molar-refractivity contribution < 1.29 is 18.6 Å². The molecule has 0 saturated carbocycles. The van der Waals surface area contributed by atoms with Gasteiger partial charge in [0.05, 0.1) is 5.69 Å². The summed E-state index contributed by atoms with van der Waals surface area (Å²) < 4.78 is 30.7. The molecule has 0 atom stereocenters. The van der Waals surface area contributed by atoms with E-state index in [2.05, 4.69) is 20.9 Å². The molecule has 1 heterocycles. The molecule has 0 amide bonds. The van der Waals surface area contributed by atoms with E-state index in [1.807, 2.05) is 0 Å². The molecule has 16 heavy (non-hydrogen) atoms. The van der Waals surface area contributed by atoms with Crippen molar-refractivity contribution in [1.29, 1.82) is 0 Å². The van der Waals surface area contributed by atoms with Crippen molar-refractivity contribution in [3.05, 3.63) is 22.3 Å². The number of aryl methyl sites for hydroxylation is 1. The van der Waals surface area contributed by atoms with Gasteiger partial charge in [0.15, 0.2) is 6.61 Å². The summed E-state index contributed by atoms with van der Waals surface area (Å²) in [6.45, 7) is -0.388. The minimum atomic E-state index is -3.23. The summed E-state index contributed by atoms with van der Waals surface area (Å²) >= 11 is 3.23. The number of nitrogens with zero attached hydrogens (tertiary/aromatic N) is 1. The Bertz CT molecular complexity index is 348. The predicted octanol–water partition coefficient (Wildman–Crippen LogP) is 2.80. The van der Waals surface area contributed by atoms with Crippen molar-refractivity contribution in [2.24, 2.45) is 0 Å². The van der Waals surface area contributed by atoms with Crippen LogP contribution in [-0.4, -0.2) is 29.2 Å². The van der Waals surface area contributed by atoms with Crippen LogP contribution in [0.1, 0.15) is 13.1 Å². The van der Waals surface area contributed by atoms with E-state index in [0.717, 1.165) is 4.47 Å². The van der Waals surface area contributed by atoms with E-state index in [-0.39, 0.29) is 13.3 Å². The lowest BCUT2D eigenvalue weighted by molar-refractivity contribution is -0.0809. The predicted molar refractivity (Wildman–Crippen MR) is 60.9 cm³/mol. The van der Waals surface area contributed by atoms with E-state index in [4.69, 9.17) is 9.84 Å². The van der Waals surface area contributed by atoms with E-state index in [1.54, 1.807) is 13.0 Å². The van der Waals surface area contributed by atoms with Crippen LogP contribution in [0.4, 0.5) is 8.78 Å². The summed E-state index contributed by atoms with van der Waals surface area (Å²) in [6, 6.07) is 3.14. The molecule has 0 aliphatic rings. The number of pyridine rings is 1. The molecular formula is C10H14BrF2NO2. The quantitative estimate of drug-likeness (QED) is 0.929. The number of ether oxygens (including phenoxy) is 1. The maximum atomic E-state index is 12.6. The summed E-state index contributed by atoms with van der Waals surface area (Å²) in [5.41, 5.74) is 0.653. The number of aliphatic hydroxyl groups excluding tert-OH is 1. The van der Waals surface area contributed by atoms with E-state index in [0.29, 0.717) is 5.69 Å². The minimum Gasteiger partial charge on any atom is -0.471 e. The van der Waals surface area contributed by atoms with Crippen molar-refractivity contribution in [2.75, 3.05) is 13.2 Å². The van der Waals surface area contributed by atoms with Gasteiger partial charge in [0, 0.05) is 10.5 Å². The molecule has 0 aliphatic carbocycles. The Balaban J connectivity index is 0.00000225. The molecule has 0 saturated heterocycles. The Morgan fingerprint density at radius 2 is 2.12 bits per heavy atom. The van der Waals surface area contributed by atoms with Gasteiger partial charge in [-0.3, -0.25) is 0 Å². The molecular weight excluding hydrogens is 284 g/mol. The topological polar surface area (TPSA) is 42.4 Å². The molecule has 0 aliphatic heterocycles. The first-order chi connectivity index (χ1) is 6.94. The highest BCUT2D eigenvalue weighted by atomic mass is 79.9. The van der Waals surface area contributed by atoms with Gasteiger partial charge in [-0.05, 0) is 28.9 Å². The standard InChI is InChI=1S/C9H10BrF2NO2.CH4/c1-6-7(10)2-3-8(13-6)15-5-9(11,12)4-14;/h2-3,14H,4-5H2,1H3;1H4. The average molecular weight is 298 g/mol. The highest BCUT2D eigenvalue weighted by Gasteiger charge is 2.29. The van der Waals surface area contributed by atoms with E-state index >= 15 is 0 Å². The van der Waals surface area contributed by atoms with Crippen LogP contribution in [0, 0.1) is 6.92 Å². The summed E-state index contributed by atoms with van der Waals surface area (Å²) in [7, 11) is 0. The van der Waals surface area contributed by atoms with Crippen molar-refractivity contribution in [3.8, 4) is 5.88 Å². The van der Waals surface area contributed by atoms with Crippen LogP contribution in [0.5, 0.6) is 5.88 Å². The van der Waals surface area contributed by atoms with Gasteiger partial charge in [0.2, 0.25) is 5.88 Å². The van der Waals surface area contributed by atoms with E-state index < -0.39 is 19.1 Å². The second kappa shape index (κ2) is 6.10. The van der Waals surface area contributed by atoms with Crippen LogP contribution in [-0.2, 0) is 0 Å². The first-order valence-corrected chi connectivity index (χ1v) is 4.98. The first-order valence-electron chi connectivity index (χ1n) is 4.19. The van der Waals surface area contributed by atoms with E-state index in [1.165, 1.54) is 6.07 Å². The Kier molecular flexibility index (Phi) is 5.81. The van der Waals surface area contributed by atoms with Gasteiger partial charge in [-0.15, -0.1) is 0 Å². The number of aliphatic hydroxyl groups is 1. The smallest absolute Gasteiger partial charge is 0.303 e. The maximum absolute atomic E-state index is 12.6. The Labute approximate surface area is 102 Å². The van der Waals surface area contributed by atoms with Gasteiger partial charge >= 0.3 is 5.92 Å². The van der Waals surface area contributed by atoms with Crippen LogP contribution < -0.4 is 4.74 Å². The van der Waals surface area contributed by atoms with Crippen LogP contribution in [0.3, 0.4) is 0 Å². The van der Waals surface area contributed by atoms with Crippen LogP contribution in [0.25, 0.3) is 0 Å². The Hall–Kier alpha value is -0.750. The monoisotopic (exact) mass is 297 g/mol. The zero-order valence-corrected chi connectivity index (χ0v) is 9.59. The largest absolute Gasteiger partial charge is 0.471 e. The third kappa shape index (κ3) is 4.40. The zero-order valence-electron chi connectivity index (χ0n) is 8.01. The van der Waals surface area contributed by atoms with Crippen molar-refractivity contribution in [2.45, 2.75) is 20.3 Å². The van der Waals surface area contributed by atoms with Gasteiger partial charge in [0.25, 0.3) is 0 Å². The van der Waals surface area contributed by atoms with Gasteiger partial charge < -0.3 is 9.84 Å². The molecule has 0 fully saturated rings. The summed E-state index contributed by atoms with van der Waals surface area (Å²) in [5, 5.41) is 8.31. The molecule has 0 spiro atoms. The molecule has 6 heteroatoms. The minimum absolute atomic E-state index is 0. The molecule has 1 aromatic heterocycles. The molecule has 92 valence electrons. The number of hydrogen-bond acceptors (Lipinski definition) is 3. The lowest BCUT2D eigenvalue weighted by Crippen LogP contribution is -2.29. The number of rotatable bonds is 4. The fourth-order valence-electron chi connectivity index (χ4n) is 0.827. The molecule has 0 unspecified atom stereocenters. The summed E-state index contributed by atoms with van der Waals surface area (Å²) in [6.07, 6.45) is 0. The second-order valence-corrected chi connectivity index (χ2v) is 3.87. The Morgan fingerprint density at radius 1 is 1.50 bits per heavy atom. The summed E-state index contributed by atoms with van der Waals surface area (Å²) in [5.74, 6) is -3.12. The van der Waals surface area contributed by atoms with E-state index in [9.17, 15) is 8.78 Å². The SMILES string of the molecule is C.Cc1nc(OCC(F)(F)CO)ccc1Br. The highest BCUT2D eigenvalue weighted by molar-refractivity contribution is 9.10. The average Bonchev–Trinajstić information content (AvgIpc) is 2.20. The van der Waals surface area contributed by atoms with Crippen molar-refractivity contribution in [3.63, 3.8) is 0 Å². The van der Waals surface area contributed by atoms with Crippen molar-refractivity contribution in [1.82, 2.24) is 4.98 Å². The molecule has 1 aromatic rings. The second-order valence-electron chi connectivity index (χ2n) is 3.02. The zero-order chi connectivity index (χ0) is 11.5. The van der Waals surface area contributed by atoms with Crippen LogP contribution >= 0.6 is 15.9 Å². The number of alkyl halides is 2. The number of hydrogen-bond donors (Lipinski definition) is 1. The van der Waals surface area contributed by atoms with Crippen LogP contribution in [0.15, 0.2) is 16.6 Å². The number of halogens is 3. The normalized spacial score (nSPS) is 10.8. The molecule has 3 nitrogen and oxygen atoms in total. The van der Waals surface area contributed by atoms with Gasteiger partial charge in [-0.25, -0.2) is 13.8 Å². The van der Waals surface area contributed by atoms with Crippen LogP contribution in [0.2, 0.25) is 0 Å². The third-order valence-corrected chi connectivity index (χ3v) is 2.50. The first kappa shape index (κ1) is 15.2. The van der Waals surface area contributed by atoms with Gasteiger partial charge in [-0.2, -0.15) is 0 Å². The molecule has 1 N–H and O–H groups in total. The fraction of sp³-hybridized carbons (Fsp3) is 0.500. The molecule has 0 bridgehead atoms. The molecule has 0 aromatic carbocycles.